The van der Waals surface area contributed by atoms with E-state index >= 15 is 0 Å². The summed E-state index contributed by atoms with van der Waals surface area (Å²) in [7, 11) is 0. The first-order valence-electron chi connectivity index (χ1n) is 7.19. The molecule has 1 aliphatic carbocycles. The molecule has 1 aromatic carbocycles. The summed E-state index contributed by atoms with van der Waals surface area (Å²) in [6.45, 7) is 1.97. The Morgan fingerprint density at radius 2 is 2.09 bits per heavy atom. The predicted molar refractivity (Wildman–Crippen MR) is 84.9 cm³/mol. The van der Waals surface area contributed by atoms with Crippen molar-refractivity contribution in [3.8, 4) is 0 Å². The van der Waals surface area contributed by atoms with Crippen LogP contribution in [0.3, 0.4) is 0 Å². The number of amides is 1. The molecular weight excluding hydrogens is 350 g/mol. The third-order valence-electron chi connectivity index (χ3n) is 4.09. The highest BCUT2D eigenvalue weighted by atomic mass is 79.9. The van der Waals surface area contributed by atoms with Gasteiger partial charge in [0.25, 0.3) is 5.91 Å². The van der Waals surface area contributed by atoms with E-state index in [0.29, 0.717) is 18.4 Å². The third-order valence-corrected chi connectivity index (χ3v) is 4.68. The highest BCUT2D eigenvalue weighted by molar-refractivity contribution is 9.10. The van der Waals surface area contributed by atoms with Gasteiger partial charge in [0.1, 0.15) is 5.58 Å². The van der Waals surface area contributed by atoms with Crippen molar-refractivity contribution in [3.63, 3.8) is 0 Å². The third kappa shape index (κ3) is 2.75. The highest BCUT2D eigenvalue weighted by Crippen LogP contribution is 2.30. The first-order chi connectivity index (χ1) is 10.5. The van der Waals surface area contributed by atoms with Gasteiger partial charge >= 0.3 is 5.97 Å². The zero-order valence-corrected chi connectivity index (χ0v) is 13.6. The molecule has 0 radical (unpaired) electrons. The van der Waals surface area contributed by atoms with Crippen LogP contribution >= 0.6 is 15.9 Å². The zero-order valence-electron chi connectivity index (χ0n) is 12.1. The number of carboxylic acid groups (broad SMARTS) is 1. The number of nitrogens with one attached hydrogen (secondary N) is 1. The van der Waals surface area contributed by atoms with Crippen molar-refractivity contribution in [2.75, 3.05) is 0 Å². The number of halogens is 1. The summed E-state index contributed by atoms with van der Waals surface area (Å²) in [6.07, 6.45) is 2.10. The van der Waals surface area contributed by atoms with Gasteiger partial charge in [0.15, 0.2) is 5.76 Å². The fourth-order valence-electron chi connectivity index (χ4n) is 3.03. The monoisotopic (exact) mass is 365 g/mol. The Labute approximate surface area is 135 Å². The molecule has 6 heteroatoms. The largest absolute Gasteiger partial charge is 0.481 e. The van der Waals surface area contributed by atoms with Crippen molar-refractivity contribution in [3.05, 3.63) is 34.0 Å². The lowest BCUT2D eigenvalue weighted by Crippen LogP contribution is -2.40. The topological polar surface area (TPSA) is 79.5 Å². The fourth-order valence-corrected chi connectivity index (χ4v) is 3.70. The van der Waals surface area contributed by atoms with Crippen LogP contribution < -0.4 is 5.32 Å². The molecule has 0 unspecified atom stereocenters. The molecule has 2 aromatic rings. The van der Waals surface area contributed by atoms with Gasteiger partial charge < -0.3 is 14.8 Å². The molecule has 2 N–H and O–H groups in total. The molecule has 0 bridgehead atoms. The number of fused-ring (bicyclic) bond motifs is 1. The van der Waals surface area contributed by atoms with E-state index in [9.17, 15) is 9.59 Å². The summed E-state index contributed by atoms with van der Waals surface area (Å²) >= 11 is 3.42. The molecule has 5 nitrogen and oxygen atoms in total. The number of rotatable bonds is 3. The van der Waals surface area contributed by atoms with Gasteiger partial charge in [0, 0.05) is 11.4 Å². The van der Waals surface area contributed by atoms with Crippen LogP contribution in [0.15, 0.2) is 27.1 Å². The summed E-state index contributed by atoms with van der Waals surface area (Å²) in [5.41, 5.74) is 1.69. The SMILES string of the molecule is Cc1cc(Br)c2oc(C(=O)N[C@@H]3CCC[C@@H]3C(=O)O)cc2c1. The van der Waals surface area contributed by atoms with Gasteiger partial charge in [-0.2, -0.15) is 0 Å². The minimum absolute atomic E-state index is 0.206. The molecule has 1 heterocycles. The van der Waals surface area contributed by atoms with Crippen molar-refractivity contribution in [2.45, 2.75) is 32.2 Å². The molecule has 1 aromatic heterocycles. The van der Waals surface area contributed by atoms with Gasteiger partial charge in [-0.1, -0.05) is 6.42 Å². The number of hydrogen-bond donors (Lipinski definition) is 2. The number of hydrogen-bond acceptors (Lipinski definition) is 3. The van der Waals surface area contributed by atoms with E-state index in [1.165, 1.54) is 0 Å². The summed E-state index contributed by atoms with van der Waals surface area (Å²) in [5, 5.41) is 12.8. The van der Waals surface area contributed by atoms with Crippen LogP contribution in [0, 0.1) is 12.8 Å². The van der Waals surface area contributed by atoms with E-state index in [1.807, 2.05) is 19.1 Å². The maximum Gasteiger partial charge on any atom is 0.308 e. The van der Waals surface area contributed by atoms with Crippen LogP contribution in [0.2, 0.25) is 0 Å². The molecule has 0 spiro atoms. The van der Waals surface area contributed by atoms with Gasteiger partial charge in [-0.3, -0.25) is 9.59 Å². The van der Waals surface area contributed by atoms with Crippen molar-refractivity contribution < 1.29 is 19.1 Å². The summed E-state index contributed by atoms with van der Waals surface area (Å²) in [6, 6.07) is 5.22. The van der Waals surface area contributed by atoms with Crippen LogP contribution in [0.5, 0.6) is 0 Å². The quantitative estimate of drug-likeness (QED) is 0.872. The van der Waals surface area contributed by atoms with Crippen molar-refractivity contribution in [1.29, 1.82) is 0 Å². The van der Waals surface area contributed by atoms with Crippen molar-refractivity contribution in [2.24, 2.45) is 5.92 Å². The number of carbonyl (C=O) groups is 2. The molecule has 1 aliphatic rings. The van der Waals surface area contributed by atoms with Crippen LogP contribution in [-0.4, -0.2) is 23.0 Å². The Hall–Kier alpha value is -1.82. The van der Waals surface area contributed by atoms with Crippen molar-refractivity contribution in [1.82, 2.24) is 5.32 Å². The first-order valence-corrected chi connectivity index (χ1v) is 7.98. The molecule has 3 rings (SSSR count). The molecule has 1 amide bonds. The lowest BCUT2D eigenvalue weighted by atomic mass is 10.0. The summed E-state index contributed by atoms with van der Waals surface area (Å²) in [4.78, 5) is 23.5. The second-order valence-electron chi connectivity index (χ2n) is 5.73. The fraction of sp³-hybridized carbons (Fsp3) is 0.375. The van der Waals surface area contributed by atoms with E-state index in [-0.39, 0.29) is 17.7 Å². The molecule has 0 aliphatic heterocycles. The van der Waals surface area contributed by atoms with E-state index in [2.05, 4.69) is 21.2 Å². The average molecular weight is 366 g/mol. The first kappa shape index (κ1) is 15.1. The Kier molecular flexibility index (Phi) is 3.95. The number of benzene rings is 1. The van der Waals surface area contributed by atoms with Crippen LogP contribution in [-0.2, 0) is 4.79 Å². The van der Waals surface area contributed by atoms with E-state index in [4.69, 9.17) is 9.52 Å². The Morgan fingerprint density at radius 1 is 1.32 bits per heavy atom. The molecular formula is C16H16BrNO4. The molecule has 1 saturated carbocycles. The highest BCUT2D eigenvalue weighted by Gasteiger charge is 2.34. The standard InChI is InChI=1S/C16H16BrNO4/c1-8-5-9-7-13(22-14(9)11(17)6-8)15(19)18-12-4-2-3-10(12)16(20)21/h5-7,10,12H,2-4H2,1H3,(H,18,19)(H,20,21)/t10-,12+/m0/s1. The Bertz CT molecular complexity index is 752. The normalized spacial score (nSPS) is 21.2. The molecule has 116 valence electrons. The number of carbonyl (C=O) groups excluding carboxylic acids is 1. The molecule has 0 saturated heterocycles. The lowest BCUT2D eigenvalue weighted by molar-refractivity contribution is -0.142. The minimum Gasteiger partial charge on any atom is -0.481 e. The van der Waals surface area contributed by atoms with Gasteiger partial charge in [-0.05, 0) is 59.5 Å². The number of furan rings is 1. The van der Waals surface area contributed by atoms with Crippen LogP contribution in [0.25, 0.3) is 11.0 Å². The second kappa shape index (κ2) is 5.76. The van der Waals surface area contributed by atoms with E-state index in [0.717, 1.165) is 21.8 Å². The average Bonchev–Trinajstić information content (AvgIpc) is 3.04. The number of aryl methyl sites for hydroxylation is 1. The smallest absolute Gasteiger partial charge is 0.308 e. The Balaban J connectivity index is 1.83. The van der Waals surface area contributed by atoms with Crippen LogP contribution in [0.1, 0.15) is 35.4 Å². The predicted octanol–water partition coefficient (Wildman–Crippen LogP) is 3.49. The van der Waals surface area contributed by atoms with Gasteiger partial charge in [0.2, 0.25) is 0 Å². The van der Waals surface area contributed by atoms with E-state index in [1.54, 1.807) is 6.07 Å². The summed E-state index contributed by atoms with van der Waals surface area (Å²) in [5.74, 6) is -1.52. The number of carboxylic acids is 1. The lowest BCUT2D eigenvalue weighted by Gasteiger charge is -2.16. The Morgan fingerprint density at radius 3 is 2.82 bits per heavy atom. The van der Waals surface area contributed by atoms with Crippen LogP contribution in [0.4, 0.5) is 0 Å². The van der Waals surface area contributed by atoms with Gasteiger partial charge in [-0.15, -0.1) is 0 Å². The molecule has 22 heavy (non-hydrogen) atoms. The zero-order chi connectivity index (χ0) is 15.9. The van der Waals surface area contributed by atoms with Gasteiger partial charge in [0.05, 0.1) is 10.4 Å². The van der Waals surface area contributed by atoms with E-state index < -0.39 is 11.9 Å². The number of aliphatic carboxylic acids is 1. The minimum atomic E-state index is -0.856. The molecule has 2 atom stereocenters. The maximum absolute atomic E-state index is 12.3. The molecule has 1 fully saturated rings. The second-order valence-corrected chi connectivity index (χ2v) is 6.59. The maximum atomic E-state index is 12.3. The van der Waals surface area contributed by atoms with Crippen molar-refractivity contribution >= 4 is 38.8 Å². The van der Waals surface area contributed by atoms with Gasteiger partial charge in [-0.25, -0.2) is 0 Å². The summed E-state index contributed by atoms with van der Waals surface area (Å²) < 4.78 is 6.41.